The minimum absolute atomic E-state index is 0.192. The predicted octanol–water partition coefficient (Wildman–Crippen LogP) is 0.283. The third-order valence-electron chi connectivity index (χ3n) is 4.20. The van der Waals surface area contributed by atoms with E-state index < -0.39 is 10.0 Å². The van der Waals surface area contributed by atoms with Gasteiger partial charge in [0, 0.05) is 26.3 Å². The molecule has 3 atom stereocenters. The van der Waals surface area contributed by atoms with Gasteiger partial charge in [-0.3, -0.25) is 0 Å². The average Bonchev–Trinajstić information content (AvgIpc) is 2.88. The maximum Gasteiger partial charge on any atom is 0.214 e. The summed E-state index contributed by atoms with van der Waals surface area (Å²) in [6, 6.07) is 0.192. The monoisotopic (exact) mass is 276 g/mol. The van der Waals surface area contributed by atoms with Crippen molar-refractivity contribution in [3.8, 4) is 0 Å². The second-order valence-corrected chi connectivity index (χ2v) is 7.33. The molecular formula is C12H24N2O3S. The van der Waals surface area contributed by atoms with Gasteiger partial charge >= 0.3 is 0 Å². The highest BCUT2D eigenvalue weighted by Gasteiger charge is 2.47. The fraction of sp³-hybridized carbons (Fsp3) is 1.00. The molecular weight excluding hydrogens is 252 g/mol. The number of fused-ring (bicyclic) bond motifs is 1. The van der Waals surface area contributed by atoms with Crippen LogP contribution in [0.25, 0.3) is 0 Å². The Morgan fingerprint density at radius 1 is 1.39 bits per heavy atom. The zero-order chi connectivity index (χ0) is 13.2. The van der Waals surface area contributed by atoms with E-state index in [2.05, 4.69) is 12.2 Å². The normalized spacial score (nSPS) is 32.9. The predicted molar refractivity (Wildman–Crippen MR) is 70.9 cm³/mol. The molecule has 2 fully saturated rings. The first-order chi connectivity index (χ1) is 8.60. The molecule has 0 aromatic heterocycles. The molecule has 0 bridgehead atoms. The average molecular weight is 276 g/mol. The van der Waals surface area contributed by atoms with E-state index in [1.165, 1.54) is 0 Å². The summed E-state index contributed by atoms with van der Waals surface area (Å²) >= 11 is 0. The third kappa shape index (κ3) is 2.71. The Balaban J connectivity index is 2.03. The zero-order valence-electron chi connectivity index (χ0n) is 11.3. The SMILES string of the molecule is CCC1C2CNCC2CN1S(=O)(=O)CCCOC. The van der Waals surface area contributed by atoms with E-state index in [0.29, 0.717) is 31.4 Å². The maximum atomic E-state index is 12.4. The number of nitrogens with zero attached hydrogens (tertiary/aromatic N) is 1. The number of nitrogens with one attached hydrogen (secondary N) is 1. The molecule has 3 unspecified atom stereocenters. The molecule has 2 saturated heterocycles. The summed E-state index contributed by atoms with van der Waals surface area (Å²) in [6.07, 6.45) is 1.49. The van der Waals surface area contributed by atoms with E-state index in [1.807, 2.05) is 0 Å². The summed E-state index contributed by atoms with van der Waals surface area (Å²) in [5.41, 5.74) is 0. The van der Waals surface area contributed by atoms with Gasteiger partial charge in [-0.2, -0.15) is 4.31 Å². The molecule has 0 amide bonds. The number of ether oxygens (including phenoxy) is 1. The Morgan fingerprint density at radius 2 is 2.17 bits per heavy atom. The molecule has 2 heterocycles. The van der Waals surface area contributed by atoms with E-state index in [1.54, 1.807) is 11.4 Å². The van der Waals surface area contributed by atoms with Crippen molar-refractivity contribution < 1.29 is 13.2 Å². The Labute approximate surface area is 110 Å². The van der Waals surface area contributed by atoms with Crippen molar-refractivity contribution in [2.24, 2.45) is 11.8 Å². The fourth-order valence-electron chi connectivity index (χ4n) is 3.31. The largest absolute Gasteiger partial charge is 0.385 e. The van der Waals surface area contributed by atoms with Gasteiger partial charge in [-0.05, 0) is 37.8 Å². The molecule has 18 heavy (non-hydrogen) atoms. The van der Waals surface area contributed by atoms with E-state index in [9.17, 15) is 8.42 Å². The Bertz CT molecular complexity index is 372. The first-order valence-electron chi connectivity index (χ1n) is 6.79. The van der Waals surface area contributed by atoms with Crippen LogP contribution < -0.4 is 5.32 Å². The maximum absolute atomic E-state index is 12.4. The summed E-state index contributed by atoms with van der Waals surface area (Å²) in [5, 5.41) is 3.37. The molecule has 2 aliphatic rings. The number of rotatable bonds is 6. The van der Waals surface area contributed by atoms with Crippen LogP contribution in [0.5, 0.6) is 0 Å². The molecule has 0 aliphatic carbocycles. The van der Waals surface area contributed by atoms with Crippen molar-refractivity contribution in [2.75, 3.05) is 39.1 Å². The fourth-order valence-corrected chi connectivity index (χ4v) is 5.17. The van der Waals surface area contributed by atoms with Crippen molar-refractivity contribution >= 4 is 10.0 Å². The van der Waals surface area contributed by atoms with Crippen LogP contribution in [0.4, 0.5) is 0 Å². The molecule has 0 aromatic rings. The molecule has 2 rings (SSSR count). The van der Waals surface area contributed by atoms with Crippen LogP contribution >= 0.6 is 0 Å². The van der Waals surface area contributed by atoms with Crippen molar-refractivity contribution in [1.82, 2.24) is 9.62 Å². The lowest BCUT2D eigenvalue weighted by Gasteiger charge is -2.26. The Hall–Kier alpha value is -0.170. The second-order valence-electron chi connectivity index (χ2n) is 5.29. The van der Waals surface area contributed by atoms with Crippen molar-refractivity contribution in [1.29, 1.82) is 0 Å². The molecule has 2 aliphatic heterocycles. The highest BCUT2D eigenvalue weighted by molar-refractivity contribution is 7.89. The summed E-state index contributed by atoms with van der Waals surface area (Å²) in [4.78, 5) is 0. The van der Waals surface area contributed by atoms with E-state index >= 15 is 0 Å². The van der Waals surface area contributed by atoms with E-state index in [0.717, 1.165) is 19.5 Å². The first-order valence-corrected chi connectivity index (χ1v) is 8.40. The zero-order valence-corrected chi connectivity index (χ0v) is 12.1. The van der Waals surface area contributed by atoms with Gasteiger partial charge in [0.25, 0.3) is 0 Å². The molecule has 0 spiro atoms. The minimum Gasteiger partial charge on any atom is -0.385 e. The highest BCUT2D eigenvalue weighted by atomic mass is 32.2. The number of methoxy groups -OCH3 is 1. The van der Waals surface area contributed by atoms with Gasteiger partial charge in [0.2, 0.25) is 10.0 Å². The van der Waals surface area contributed by atoms with Gasteiger partial charge in [0.05, 0.1) is 5.75 Å². The highest BCUT2D eigenvalue weighted by Crippen LogP contribution is 2.36. The summed E-state index contributed by atoms with van der Waals surface area (Å²) < 4.78 is 31.4. The van der Waals surface area contributed by atoms with Gasteiger partial charge in [0.15, 0.2) is 0 Å². The lowest BCUT2D eigenvalue weighted by atomic mass is 9.93. The summed E-state index contributed by atoms with van der Waals surface area (Å²) in [7, 11) is -1.51. The molecule has 1 N–H and O–H groups in total. The molecule has 0 radical (unpaired) electrons. The van der Waals surface area contributed by atoms with Crippen molar-refractivity contribution in [3.63, 3.8) is 0 Å². The topological polar surface area (TPSA) is 58.6 Å². The summed E-state index contributed by atoms with van der Waals surface area (Å²) in [6.45, 7) is 5.23. The third-order valence-corrected chi connectivity index (χ3v) is 6.14. The molecule has 5 nitrogen and oxygen atoms in total. The van der Waals surface area contributed by atoms with Crippen LogP contribution in [0.2, 0.25) is 0 Å². The number of hydrogen-bond donors (Lipinski definition) is 1. The standard InChI is InChI=1S/C12H24N2O3S/c1-3-12-11-8-13-7-10(11)9-14(12)18(15,16)6-4-5-17-2/h10-13H,3-9H2,1-2H3. The van der Waals surface area contributed by atoms with Gasteiger partial charge in [-0.1, -0.05) is 6.92 Å². The van der Waals surface area contributed by atoms with Crippen LogP contribution in [0, 0.1) is 11.8 Å². The summed E-state index contributed by atoms with van der Waals surface area (Å²) in [5.74, 6) is 1.23. The van der Waals surface area contributed by atoms with Gasteiger partial charge in [0.1, 0.15) is 0 Å². The molecule has 106 valence electrons. The Kier molecular flexibility index (Phi) is 4.64. The first kappa shape index (κ1) is 14.2. The van der Waals surface area contributed by atoms with Gasteiger partial charge in [-0.25, -0.2) is 8.42 Å². The van der Waals surface area contributed by atoms with Crippen molar-refractivity contribution in [3.05, 3.63) is 0 Å². The second kappa shape index (κ2) is 5.86. The quantitative estimate of drug-likeness (QED) is 0.708. The molecule has 0 saturated carbocycles. The van der Waals surface area contributed by atoms with Crippen LogP contribution in [0.1, 0.15) is 19.8 Å². The van der Waals surface area contributed by atoms with Gasteiger partial charge in [-0.15, -0.1) is 0 Å². The smallest absolute Gasteiger partial charge is 0.214 e. The van der Waals surface area contributed by atoms with Crippen LogP contribution in [-0.2, 0) is 14.8 Å². The lowest BCUT2D eigenvalue weighted by molar-refractivity contribution is 0.199. The van der Waals surface area contributed by atoms with Crippen LogP contribution in [-0.4, -0.2) is 57.9 Å². The van der Waals surface area contributed by atoms with Crippen LogP contribution in [0.15, 0.2) is 0 Å². The lowest BCUT2D eigenvalue weighted by Crippen LogP contribution is -2.40. The Morgan fingerprint density at radius 3 is 2.83 bits per heavy atom. The molecule has 0 aromatic carbocycles. The van der Waals surface area contributed by atoms with Crippen molar-refractivity contribution in [2.45, 2.75) is 25.8 Å². The molecule has 6 heteroatoms. The number of hydrogen-bond acceptors (Lipinski definition) is 4. The van der Waals surface area contributed by atoms with E-state index in [4.69, 9.17) is 4.74 Å². The van der Waals surface area contributed by atoms with Gasteiger partial charge < -0.3 is 10.1 Å². The minimum atomic E-state index is -3.11. The number of sulfonamides is 1. The van der Waals surface area contributed by atoms with E-state index in [-0.39, 0.29) is 11.8 Å². The van der Waals surface area contributed by atoms with Crippen LogP contribution in [0.3, 0.4) is 0 Å².